The van der Waals surface area contributed by atoms with Gasteiger partial charge in [-0.15, -0.1) is 0 Å². The van der Waals surface area contributed by atoms with Crippen LogP contribution in [0.25, 0.3) is 0 Å². The molecule has 6 atom stereocenters. The third-order valence-corrected chi connectivity index (χ3v) is 5.98. The fourth-order valence-electron chi connectivity index (χ4n) is 2.22. The predicted molar refractivity (Wildman–Crippen MR) is 103 cm³/mol. The maximum absolute atomic E-state index is 11.5. The molecular weight excluding hydrogens is 464 g/mol. The second-order valence-corrected chi connectivity index (χ2v) is 9.51. The van der Waals surface area contributed by atoms with Crippen LogP contribution in [0.2, 0.25) is 0 Å². The molecule has 2 fully saturated rings. The average Bonchev–Trinajstić information content (AvgIpc) is 3.27. The summed E-state index contributed by atoms with van der Waals surface area (Å²) in [5.74, 6) is 0.185. The smallest absolute Gasteiger partial charge is 0.383 e. The summed E-state index contributed by atoms with van der Waals surface area (Å²) in [5, 5.41) is 0.743. The van der Waals surface area contributed by atoms with Crippen LogP contribution in [0.3, 0.4) is 0 Å². The van der Waals surface area contributed by atoms with E-state index in [1.165, 1.54) is 10.6 Å². The SMILES string of the molecule is C[P+](=O)C1OCC(CBr)O1.C[P+](=O)C1OCC(Cn2ccc(N)nc2=O)O1. The Morgan fingerprint density at radius 1 is 1.19 bits per heavy atom. The minimum absolute atomic E-state index is 0.0731. The van der Waals surface area contributed by atoms with Gasteiger partial charge in [-0.05, 0) is 6.07 Å². The zero-order valence-corrected chi connectivity index (χ0v) is 18.3. The van der Waals surface area contributed by atoms with Crippen molar-refractivity contribution in [1.82, 2.24) is 9.55 Å². The zero-order chi connectivity index (χ0) is 20.0. The molecule has 2 aliphatic rings. The molecule has 2 aliphatic heterocycles. The van der Waals surface area contributed by atoms with E-state index in [-0.39, 0.29) is 18.0 Å². The molecule has 27 heavy (non-hydrogen) atoms. The first-order valence-electron chi connectivity index (χ1n) is 8.03. The summed E-state index contributed by atoms with van der Waals surface area (Å²) in [5.41, 5.74) is 4.95. The Kier molecular flexibility index (Phi) is 8.88. The van der Waals surface area contributed by atoms with Gasteiger partial charge in [0.05, 0.1) is 25.9 Å². The fourth-order valence-corrected chi connectivity index (χ4v) is 3.84. The van der Waals surface area contributed by atoms with Crippen molar-refractivity contribution in [1.29, 1.82) is 0 Å². The number of nitrogens with two attached hydrogens (primary N) is 1. The molecule has 1 aromatic rings. The molecule has 0 amide bonds. The van der Waals surface area contributed by atoms with Gasteiger partial charge in [0.2, 0.25) is 0 Å². The molecule has 0 aromatic carbocycles. The molecule has 3 rings (SSSR count). The number of hydrogen-bond donors (Lipinski definition) is 1. The molecule has 0 radical (unpaired) electrons. The maximum atomic E-state index is 11.5. The Morgan fingerprint density at radius 2 is 1.74 bits per heavy atom. The molecule has 150 valence electrons. The van der Waals surface area contributed by atoms with Crippen LogP contribution in [-0.4, -0.2) is 65.7 Å². The maximum Gasteiger partial charge on any atom is 0.398 e. The molecule has 0 bridgehead atoms. The predicted octanol–water partition coefficient (Wildman–Crippen LogP) is 1.52. The number of halogens is 1. The van der Waals surface area contributed by atoms with Crippen molar-refractivity contribution in [3.05, 3.63) is 22.7 Å². The van der Waals surface area contributed by atoms with E-state index in [1.807, 2.05) is 0 Å². The number of aromatic nitrogens is 2. The lowest BCUT2D eigenvalue weighted by Crippen LogP contribution is -2.29. The number of hydrogen-bond acceptors (Lipinski definition) is 9. The molecule has 13 heteroatoms. The fraction of sp³-hybridized carbons (Fsp3) is 0.714. The highest BCUT2D eigenvalue weighted by molar-refractivity contribution is 9.09. The van der Waals surface area contributed by atoms with E-state index < -0.39 is 33.4 Å². The van der Waals surface area contributed by atoms with Gasteiger partial charge >= 0.3 is 33.4 Å². The molecule has 0 saturated carbocycles. The summed E-state index contributed by atoms with van der Waals surface area (Å²) >= 11 is 3.25. The summed E-state index contributed by atoms with van der Waals surface area (Å²) in [4.78, 5) is 15.1. The zero-order valence-electron chi connectivity index (χ0n) is 14.9. The summed E-state index contributed by atoms with van der Waals surface area (Å²) in [7, 11) is -2.88. The van der Waals surface area contributed by atoms with E-state index >= 15 is 0 Å². The van der Waals surface area contributed by atoms with E-state index in [4.69, 9.17) is 24.7 Å². The van der Waals surface area contributed by atoms with Gasteiger partial charge < -0.3 is 24.7 Å². The lowest BCUT2D eigenvalue weighted by atomic mass is 10.4. The lowest BCUT2D eigenvalue weighted by molar-refractivity contribution is 0.00402. The molecular formula is C14H22BrN3O7P2+2. The largest absolute Gasteiger partial charge is 0.398 e. The number of anilines is 1. The highest BCUT2D eigenvalue weighted by Gasteiger charge is 2.37. The summed E-state index contributed by atoms with van der Waals surface area (Å²) in [6.45, 7) is 4.32. The molecule has 2 N–H and O–H groups in total. The van der Waals surface area contributed by atoms with Crippen LogP contribution < -0.4 is 11.4 Å². The van der Waals surface area contributed by atoms with Crippen LogP contribution in [0, 0.1) is 0 Å². The van der Waals surface area contributed by atoms with Gasteiger partial charge in [-0.25, -0.2) is 4.79 Å². The van der Waals surface area contributed by atoms with E-state index in [9.17, 15) is 13.9 Å². The van der Waals surface area contributed by atoms with Crippen molar-refractivity contribution in [2.75, 3.05) is 37.6 Å². The lowest BCUT2D eigenvalue weighted by Gasteiger charge is -2.08. The van der Waals surface area contributed by atoms with Crippen LogP contribution in [-0.2, 0) is 34.6 Å². The Labute approximate surface area is 166 Å². The highest BCUT2D eigenvalue weighted by atomic mass is 79.9. The van der Waals surface area contributed by atoms with Crippen molar-refractivity contribution >= 4 is 37.3 Å². The van der Waals surface area contributed by atoms with Crippen LogP contribution in [0.15, 0.2) is 17.1 Å². The normalized spacial score (nSPS) is 28.4. The molecule has 0 spiro atoms. The quantitative estimate of drug-likeness (QED) is 0.486. The Bertz CT molecular complexity index is 735. The molecule has 6 unspecified atom stereocenters. The first kappa shape index (κ1) is 22.5. The van der Waals surface area contributed by atoms with Crippen LogP contribution in [0.4, 0.5) is 5.82 Å². The van der Waals surface area contributed by atoms with E-state index in [2.05, 4.69) is 20.9 Å². The summed E-state index contributed by atoms with van der Waals surface area (Å²) in [6.07, 6.45) is 1.33. The van der Waals surface area contributed by atoms with Gasteiger partial charge in [0, 0.05) is 11.5 Å². The van der Waals surface area contributed by atoms with Gasteiger partial charge in [0.1, 0.15) is 25.3 Å². The molecule has 3 heterocycles. The molecule has 1 aromatic heterocycles. The van der Waals surface area contributed by atoms with Crippen LogP contribution >= 0.6 is 31.5 Å². The van der Waals surface area contributed by atoms with Gasteiger partial charge in [-0.3, -0.25) is 4.57 Å². The van der Waals surface area contributed by atoms with Crippen molar-refractivity contribution in [2.45, 2.75) is 30.8 Å². The Hall–Kier alpha value is -0.800. The van der Waals surface area contributed by atoms with E-state index in [1.54, 1.807) is 19.5 Å². The van der Waals surface area contributed by atoms with E-state index in [0.29, 0.717) is 19.8 Å². The van der Waals surface area contributed by atoms with Crippen LogP contribution in [0.1, 0.15) is 0 Å². The Morgan fingerprint density at radius 3 is 2.19 bits per heavy atom. The minimum Gasteiger partial charge on any atom is -0.383 e. The standard InChI is InChI=1S/C9H12N3O4P.C5H9BrO3P/c1-17(14)9-15-5-6(16-9)4-12-3-2-7(10)11-8(12)13;1-10(7)5-8-3-4(2-6)9-5/h2-3,6,9H,4-5H2,1H3,(H-,10,11,13);4-5H,2-3H2,1H3/q;+1/p+1. The molecule has 0 aliphatic carbocycles. The topological polar surface area (TPSA) is 132 Å². The number of nitrogen functional groups attached to an aromatic ring is 1. The van der Waals surface area contributed by atoms with Crippen molar-refractivity contribution in [2.24, 2.45) is 0 Å². The average molecular weight is 486 g/mol. The monoisotopic (exact) mass is 485 g/mol. The second kappa shape index (κ2) is 10.7. The molecule has 2 saturated heterocycles. The van der Waals surface area contributed by atoms with Crippen molar-refractivity contribution in [3.8, 4) is 0 Å². The first-order chi connectivity index (χ1) is 12.8. The third kappa shape index (κ3) is 6.94. The van der Waals surface area contributed by atoms with Crippen LogP contribution in [0.5, 0.6) is 0 Å². The number of alkyl halides is 1. The van der Waals surface area contributed by atoms with Gasteiger partial charge in [-0.2, -0.15) is 4.98 Å². The van der Waals surface area contributed by atoms with Gasteiger partial charge in [0.25, 0.3) is 0 Å². The second-order valence-electron chi connectivity index (χ2n) is 5.83. The van der Waals surface area contributed by atoms with Crippen molar-refractivity contribution < 1.29 is 28.1 Å². The first-order valence-corrected chi connectivity index (χ1v) is 12.7. The highest BCUT2D eigenvalue weighted by Crippen LogP contribution is 2.31. The Balaban J connectivity index is 0.000000223. The third-order valence-electron chi connectivity index (χ3n) is 3.53. The minimum atomic E-state index is -1.53. The van der Waals surface area contributed by atoms with Gasteiger partial charge in [0.15, 0.2) is 0 Å². The summed E-state index contributed by atoms with van der Waals surface area (Å²) < 4.78 is 44.2. The number of ether oxygens (including phenoxy) is 4. The van der Waals surface area contributed by atoms with Gasteiger partial charge in [-0.1, -0.05) is 25.1 Å². The number of rotatable bonds is 5. The summed E-state index contributed by atoms with van der Waals surface area (Å²) in [6, 6.07) is 0.389. The molecule has 10 nitrogen and oxygen atoms in total. The van der Waals surface area contributed by atoms with Crippen molar-refractivity contribution in [3.63, 3.8) is 0 Å². The van der Waals surface area contributed by atoms with E-state index in [0.717, 1.165) is 5.33 Å². The number of nitrogens with zero attached hydrogens (tertiary/aromatic N) is 2.